The average Bonchev–Trinajstić information content (AvgIpc) is 2.48. The van der Waals surface area contributed by atoms with Gasteiger partial charge >= 0.3 is 5.97 Å². The molecule has 0 unspecified atom stereocenters. The number of rotatable bonds is 5. The van der Waals surface area contributed by atoms with Gasteiger partial charge in [-0.1, -0.05) is 0 Å². The van der Waals surface area contributed by atoms with Crippen molar-refractivity contribution in [3.63, 3.8) is 0 Å². The summed E-state index contributed by atoms with van der Waals surface area (Å²) in [6.45, 7) is 6.20. The van der Waals surface area contributed by atoms with Crippen LogP contribution in [0.25, 0.3) is 0 Å². The highest BCUT2D eigenvalue weighted by Gasteiger charge is 2.18. The number of carboxylic acid groups (broad SMARTS) is 1. The van der Waals surface area contributed by atoms with Crippen LogP contribution in [-0.4, -0.2) is 66.1 Å². The highest BCUT2D eigenvalue weighted by atomic mass is 16.5. The van der Waals surface area contributed by atoms with Gasteiger partial charge < -0.3 is 14.7 Å². The van der Waals surface area contributed by atoms with Gasteiger partial charge in [-0.15, -0.1) is 0 Å². The number of benzene rings is 1. The summed E-state index contributed by atoms with van der Waals surface area (Å²) in [4.78, 5) is 26.1. The molecule has 6 heteroatoms. The number of hydrogen-bond acceptors (Lipinski definition) is 4. The number of amides is 1. The third-order valence-electron chi connectivity index (χ3n) is 3.60. The number of hydrogen-bond donors (Lipinski definition) is 1. The Kier molecular flexibility index (Phi) is 5.16. The fourth-order valence-electron chi connectivity index (χ4n) is 2.27. The molecule has 1 aromatic rings. The fraction of sp³-hybridized carbons (Fsp3) is 0.467. The Labute approximate surface area is 123 Å². The van der Waals surface area contributed by atoms with E-state index >= 15 is 0 Å². The Balaban J connectivity index is 1.70. The molecule has 1 N–H and O–H groups in total. The van der Waals surface area contributed by atoms with Crippen LogP contribution in [0.1, 0.15) is 17.3 Å². The van der Waals surface area contributed by atoms with Crippen LogP contribution in [0.5, 0.6) is 5.75 Å². The maximum absolute atomic E-state index is 11.2. The van der Waals surface area contributed by atoms with Gasteiger partial charge in [-0.3, -0.25) is 9.69 Å². The van der Waals surface area contributed by atoms with E-state index < -0.39 is 5.97 Å². The molecule has 1 saturated heterocycles. The molecule has 0 saturated carbocycles. The molecule has 2 rings (SSSR count). The molecule has 1 aliphatic rings. The van der Waals surface area contributed by atoms with E-state index in [1.54, 1.807) is 19.1 Å². The van der Waals surface area contributed by atoms with Gasteiger partial charge in [0.05, 0.1) is 5.56 Å². The molecule has 1 aromatic carbocycles. The van der Waals surface area contributed by atoms with Crippen LogP contribution < -0.4 is 4.74 Å². The van der Waals surface area contributed by atoms with Gasteiger partial charge in [-0.05, 0) is 24.3 Å². The Morgan fingerprint density at radius 2 is 1.76 bits per heavy atom. The van der Waals surface area contributed by atoms with Crippen LogP contribution in [-0.2, 0) is 4.79 Å². The number of carbonyl (C=O) groups is 2. The lowest BCUT2D eigenvalue weighted by Crippen LogP contribution is -2.48. The molecule has 1 heterocycles. The van der Waals surface area contributed by atoms with Crippen molar-refractivity contribution in [3.8, 4) is 5.75 Å². The summed E-state index contributed by atoms with van der Waals surface area (Å²) in [6.07, 6.45) is 0. The molecular weight excluding hydrogens is 272 g/mol. The normalized spacial score (nSPS) is 15.8. The topological polar surface area (TPSA) is 70.1 Å². The zero-order valence-electron chi connectivity index (χ0n) is 12.1. The van der Waals surface area contributed by atoms with E-state index in [0.717, 1.165) is 32.7 Å². The van der Waals surface area contributed by atoms with E-state index in [1.807, 2.05) is 4.90 Å². The quantitative estimate of drug-likeness (QED) is 0.874. The number of carboxylic acids is 1. The van der Waals surface area contributed by atoms with Gasteiger partial charge in [0.1, 0.15) is 12.4 Å². The Morgan fingerprint density at radius 3 is 2.29 bits per heavy atom. The SMILES string of the molecule is CC(=O)N1CCN(CCOc2ccc(C(=O)O)cc2)CC1. The van der Waals surface area contributed by atoms with Gasteiger partial charge in [0.15, 0.2) is 0 Å². The second kappa shape index (κ2) is 7.08. The van der Waals surface area contributed by atoms with Gasteiger partial charge in [-0.25, -0.2) is 4.79 Å². The molecule has 1 aliphatic heterocycles. The van der Waals surface area contributed by atoms with Crippen LogP contribution in [0.3, 0.4) is 0 Å². The van der Waals surface area contributed by atoms with Crippen molar-refractivity contribution in [2.45, 2.75) is 6.92 Å². The summed E-state index contributed by atoms with van der Waals surface area (Å²) in [5.74, 6) is -0.142. The highest BCUT2D eigenvalue weighted by Crippen LogP contribution is 2.12. The van der Waals surface area contributed by atoms with Gasteiger partial charge in [0.25, 0.3) is 0 Å². The molecule has 1 amide bonds. The predicted molar refractivity (Wildman–Crippen MR) is 77.6 cm³/mol. The first-order valence-corrected chi connectivity index (χ1v) is 7.00. The van der Waals surface area contributed by atoms with Crippen molar-refractivity contribution >= 4 is 11.9 Å². The third-order valence-corrected chi connectivity index (χ3v) is 3.60. The summed E-state index contributed by atoms with van der Waals surface area (Å²) in [7, 11) is 0. The predicted octanol–water partition coefficient (Wildman–Crippen LogP) is 0.928. The van der Waals surface area contributed by atoms with Crippen LogP contribution in [0.15, 0.2) is 24.3 Å². The highest BCUT2D eigenvalue weighted by molar-refractivity contribution is 5.87. The van der Waals surface area contributed by atoms with E-state index in [4.69, 9.17) is 9.84 Å². The minimum absolute atomic E-state index is 0.129. The van der Waals surface area contributed by atoms with E-state index in [0.29, 0.717) is 12.4 Å². The maximum atomic E-state index is 11.2. The second-order valence-corrected chi connectivity index (χ2v) is 5.03. The Bertz CT molecular complexity index is 493. The van der Waals surface area contributed by atoms with E-state index in [9.17, 15) is 9.59 Å². The minimum atomic E-state index is -0.940. The molecule has 0 aliphatic carbocycles. The number of nitrogens with zero attached hydrogens (tertiary/aromatic N) is 2. The molecule has 114 valence electrons. The van der Waals surface area contributed by atoms with E-state index in [-0.39, 0.29) is 11.5 Å². The van der Waals surface area contributed by atoms with Crippen LogP contribution in [0, 0.1) is 0 Å². The average molecular weight is 292 g/mol. The van der Waals surface area contributed by atoms with E-state index in [1.165, 1.54) is 12.1 Å². The first-order valence-electron chi connectivity index (χ1n) is 7.00. The van der Waals surface area contributed by atoms with Gasteiger partial charge in [-0.2, -0.15) is 0 Å². The van der Waals surface area contributed by atoms with Gasteiger partial charge in [0, 0.05) is 39.6 Å². The smallest absolute Gasteiger partial charge is 0.335 e. The molecule has 0 aromatic heterocycles. The van der Waals surface area contributed by atoms with Crippen molar-refractivity contribution in [3.05, 3.63) is 29.8 Å². The first kappa shape index (κ1) is 15.3. The fourth-order valence-corrected chi connectivity index (χ4v) is 2.27. The second-order valence-electron chi connectivity index (χ2n) is 5.03. The lowest BCUT2D eigenvalue weighted by molar-refractivity contribution is -0.130. The molecule has 0 radical (unpaired) electrons. The summed E-state index contributed by atoms with van der Waals surface area (Å²) in [6, 6.07) is 6.39. The zero-order valence-corrected chi connectivity index (χ0v) is 12.1. The summed E-state index contributed by atoms with van der Waals surface area (Å²) >= 11 is 0. The van der Waals surface area contributed by atoms with Crippen LogP contribution in [0.2, 0.25) is 0 Å². The molecule has 0 atom stereocenters. The molecule has 0 bridgehead atoms. The summed E-state index contributed by atoms with van der Waals surface area (Å²) in [5, 5.41) is 8.81. The van der Waals surface area contributed by atoms with Crippen molar-refractivity contribution in [2.24, 2.45) is 0 Å². The Hall–Kier alpha value is -2.08. The number of piperazine rings is 1. The summed E-state index contributed by atoms with van der Waals surface area (Å²) < 4.78 is 5.60. The Morgan fingerprint density at radius 1 is 1.14 bits per heavy atom. The molecule has 0 spiro atoms. The number of aromatic carboxylic acids is 1. The molecule has 6 nitrogen and oxygen atoms in total. The lowest BCUT2D eigenvalue weighted by atomic mass is 10.2. The monoisotopic (exact) mass is 292 g/mol. The largest absolute Gasteiger partial charge is 0.492 e. The standard InChI is InChI=1S/C15H20N2O4/c1-12(18)17-8-6-16(7-9-17)10-11-21-14-4-2-13(3-5-14)15(19)20/h2-5H,6-11H2,1H3,(H,19,20). The van der Waals surface area contributed by atoms with E-state index in [2.05, 4.69) is 4.90 Å². The lowest BCUT2D eigenvalue weighted by Gasteiger charge is -2.34. The maximum Gasteiger partial charge on any atom is 0.335 e. The molecule has 21 heavy (non-hydrogen) atoms. The third kappa shape index (κ3) is 4.46. The van der Waals surface area contributed by atoms with Crippen molar-refractivity contribution in [1.29, 1.82) is 0 Å². The number of carbonyl (C=O) groups excluding carboxylic acids is 1. The molecule has 1 fully saturated rings. The first-order chi connectivity index (χ1) is 10.1. The van der Waals surface area contributed by atoms with Crippen molar-refractivity contribution in [2.75, 3.05) is 39.3 Å². The van der Waals surface area contributed by atoms with Crippen LogP contribution in [0.4, 0.5) is 0 Å². The zero-order chi connectivity index (χ0) is 15.2. The minimum Gasteiger partial charge on any atom is -0.492 e. The molecular formula is C15H20N2O4. The van der Waals surface area contributed by atoms with Crippen molar-refractivity contribution in [1.82, 2.24) is 9.80 Å². The van der Waals surface area contributed by atoms with Crippen LogP contribution >= 0.6 is 0 Å². The van der Waals surface area contributed by atoms with Crippen molar-refractivity contribution < 1.29 is 19.4 Å². The van der Waals surface area contributed by atoms with Gasteiger partial charge in [0.2, 0.25) is 5.91 Å². The summed E-state index contributed by atoms with van der Waals surface area (Å²) in [5.41, 5.74) is 0.253. The number of ether oxygens (including phenoxy) is 1.